The number of ether oxygens (including phenoxy) is 1. The van der Waals surface area contributed by atoms with Crippen LogP contribution >= 0.6 is 0 Å². The fourth-order valence-electron chi connectivity index (χ4n) is 3.18. The van der Waals surface area contributed by atoms with Gasteiger partial charge in [-0.05, 0) is 36.1 Å². The highest BCUT2D eigenvalue weighted by molar-refractivity contribution is 7.92. The lowest BCUT2D eigenvalue weighted by atomic mass is 9.98. The summed E-state index contributed by atoms with van der Waals surface area (Å²) in [6.45, 7) is 7.13. The van der Waals surface area contributed by atoms with E-state index < -0.39 is 34.0 Å². The van der Waals surface area contributed by atoms with Crippen LogP contribution in [0.5, 0.6) is 5.75 Å². The number of carbonyl (C=O) groups excluding carboxylic acids is 3. The topological polar surface area (TPSA) is 111 Å². The van der Waals surface area contributed by atoms with Crippen LogP contribution in [0.2, 0.25) is 0 Å². The Kier molecular flexibility index (Phi) is 9.25. The van der Waals surface area contributed by atoms with Gasteiger partial charge in [-0.25, -0.2) is 17.8 Å². The van der Waals surface area contributed by atoms with E-state index in [1.807, 2.05) is 6.92 Å². The Morgan fingerprint density at radius 2 is 1.69 bits per heavy atom. The molecule has 0 amide bonds. The molecule has 0 saturated carbocycles. The molecular weight excluding hydrogens is 475 g/mol. The highest BCUT2D eigenvalue weighted by Crippen LogP contribution is 2.39. The lowest BCUT2D eigenvalue weighted by molar-refractivity contribution is -0.138. The maximum atomic E-state index is 13.6. The molecule has 1 aromatic heterocycles. The van der Waals surface area contributed by atoms with Crippen molar-refractivity contribution in [3.8, 4) is 16.9 Å². The second-order valence-electron chi connectivity index (χ2n) is 8.78. The van der Waals surface area contributed by atoms with Gasteiger partial charge in [-0.2, -0.15) is 0 Å². The zero-order chi connectivity index (χ0) is 26.5. The number of sulfonamides is 1. The summed E-state index contributed by atoms with van der Waals surface area (Å²) in [6.07, 6.45) is 0.659. The molecule has 8 nitrogen and oxygen atoms in total. The Balaban J connectivity index is 2.52. The van der Waals surface area contributed by atoms with Crippen LogP contribution in [0.25, 0.3) is 11.1 Å². The van der Waals surface area contributed by atoms with Gasteiger partial charge in [0, 0.05) is 18.5 Å². The van der Waals surface area contributed by atoms with Crippen LogP contribution in [0.3, 0.4) is 0 Å². The molecule has 10 heteroatoms. The summed E-state index contributed by atoms with van der Waals surface area (Å²) in [5.74, 6) is -2.59. The van der Waals surface area contributed by atoms with Gasteiger partial charge < -0.3 is 4.74 Å². The molecule has 2 aromatic rings. The molecule has 2 rings (SSSR count). The van der Waals surface area contributed by atoms with Crippen LogP contribution in [0.1, 0.15) is 58.6 Å². The monoisotopic (exact) mass is 506 g/mol. The van der Waals surface area contributed by atoms with Crippen molar-refractivity contribution in [1.29, 1.82) is 0 Å². The van der Waals surface area contributed by atoms with Crippen LogP contribution in [0.4, 0.5) is 10.2 Å². The van der Waals surface area contributed by atoms with Crippen LogP contribution in [0.15, 0.2) is 30.3 Å². The number of hydrogen-bond donors (Lipinski definition) is 0. The fourth-order valence-corrected chi connectivity index (χ4v) is 3.62. The maximum absolute atomic E-state index is 13.6. The Hall–Kier alpha value is -3.14. The summed E-state index contributed by atoms with van der Waals surface area (Å²) in [6, 6.07) is 6.80. The first kappa shape index (κ1) is 28.1. The zero-order valence-electron chi connectivity index (χ0n) is 20.8. The minimum Gasteiger partial charge on any atom is -0.424 e. The number of esters is 1. The number of nitrogens with zero attached hydrogens (tertiary/aromatic N) is 2. The molecular formula is C25H31FN2O6S. The molecule has 0 aliphatic heterocycles. The van der Waals surface area contributed by atoms with Gasteiger partial charge in [-0.1, -0.05) is 39.8 Å². The van der Waals surface area contributed by atoms with Gasteiger partial charge in [0.15, 0.2) is 11.5 Å². The van der Waals surface area contributed by atoms with Crippen molar-refractivity contribution >= 4 is 33.4 Å². The quantitative estimate of drug-likeness (QED) is 0.330. The largest absolute Gasteiger partial charge is 0.424 e. The predicted molar refractivity (Wildman–Crippen MR) is 131 cm³/mol. The van der Waals surface area contributed by atoms with E-state index in [9.17, 15) is 27.2 Å². The van der Waals surface area contributed by atoms with Crippen LogP contribution in [-0.2, 0) is 24.4 Å². The van der Waals surface area contributed by atoms with E-state index in [0.717, 1.165) is 10.6 Å². The van der Waals surface area contributed by atoms with Crippen LogP contribution in [0, 0.1) is 11.7 Å². The summed E-state index contributed by atoms with van der Waals surface area (Å²) >= 11 is 0. The van der Waals surface area contributed by atoms with Gasteiger partial charge in [0.05, 0.1) is 18.4 Å². The fraction of sp³-hybridized carbons (Fsp3) is 0.440. The predicted octanol–water partition coefficient (Wildman–Crippen LogP) is 4.28. The van der Waals surface area contributed by atoms with Crippen molar-refractivity contribution in [2.24, 2.45) is 5.92 Å². The van der Waals surface area contributed by atoms with Crippen molar-refractivity contribution in [1.82, 2.24) is 4.98 Å². The number of benzene rings is 1. The molecule has 0 bridgehead atoms. The van der Waals surface area contributed by atoms with Crippen molar-refractivity contribution < 1.29 is 31.9 Å². The molecule has 0 radical (unpaired) electrons. The first-order valence-corrected chi connectivity index (χ1v) is 13.1. The number of aromatic nitrogens is 1. The minimum atomic E-state index is -3.65. The van der Waals surface area contributed by atoms with Gasteiger partial charge in [-0.3, -0.25) is 18.7 Å². The van der Waals surface area contributed by atoms with Crippen molar-refractivity contribution in [2.75, 3.05) is 17.6 Å². The molecule has 1 atom stereocenters. The van der Waals surface area contributed by atoms with Crippen LogP contribution in [-0.4, -0.2) is 44.2 Å². The SMILES string of the molecule is CCC(C)C(=O)CC(=O)CC(=O)Oc1c(-c2ccc(F)cc2)cc(N(C)S(C)(=O)=O)nc1C(C)C. The van der Waals surface area contributed by atoms with Crippen LogP contribution < -0.4 is 9.04 Å². The lowest BCUT2D eigenvalue weighted by Crippen LogP contribution is -2.26. The molecule has 190 valence electrons. The normalized spacial score (nSPS) is 12.3. The number of Topliss-reactive ketones (excluding diaryl/α,β-unsaturated/α-hetero) is 2. The molecule has 1 heterocycles. The van der Waals surface area contributed by atoms with Gasteiger partial charge in [-0.15, -0.1) is 0 Å². The number of hydrogen-bond acceptors (Lipinski definition) is 7. The smallest absolute Gasteiger partial charge is 0.318 e. The minimum absolute atomic E-state index is 0.0447. The third kappa shape index (κ3) is 7.42. The number of rotatable bonds is 11. The van der Waals surface area contributed by atoms with Crippen molar-refractivity contribution in [2.45, 2.75) is 52.9 Å². The third-order valence-corrected chi connectivity index (χ3v) is 6.78. The lowest BCUT2D eigenvalue weighted by Gasteiger charge is -2.22. The third-order valence-electron chi connectivity index (χ3n) is 5.60. The van der Waals surface area contributed by atoms with E-state index in [1.54, 1.807) is 20.8 Å². The number of halogens is 1. The first-order chi connectivity index (χ1) is 16.2. The van der Waals surface area contributed by atoms with Gasteiger partial charge in [0.2, 0.25) is 10.0 Å². The second kappa shape index (κ2) is 11.5. The molecule has 0 N–H and O–H groups in total. The first-order valence-electron chi connectivity index (χ1n) is 11.2. The van der Waals surface area contributed by atoms with E-state index in [-0.39, 0.29) is 41.3 Å². The number of ketones is 2. The Morgan fingerprint density at radius 3 is 2.20 bits per heavy atom. The molecule has 0 aliphatic carbocycles. The standard InChI is InChI=1S/C25H31FN2O6S/c1-7-16(4)21(30)12-19(29)13-23(31)34-25-20(17-8-10-18(26)11-9-17)14-22(27-24(25)15(2)3)28(5)35(6,32)33/h8-11,14-16H,7,12-13H2,1-6H3. The summed E-state index contributed by atoms with van der Waals surface area (Å²) < 4.78 is 44.4. The second-order valence-corrected chi connectivity index (χ2v) is 10.8. The molecule has 1 unspecified atom stereocenters. The molecule has 0 aliphatic rings. The van der Waals surface area contributed by atoms with Gasteiger partial charge >= 0.3 is 5.97 Å². The molecule has 0 saturated heterocycles. The van der Waals surface area contributed by atoms with E-state index in [4.69, 9.17) is 4.74 Å². The average Bonchev–Trinajstić information content (AvgIpc) is 2.77. The van der Waals surface area contributed by atoms with Gasteiger partial charge in [0.1, 0.15) is 23.8 Å². The van der Waals surface area contributed by atoms with E-state index >= 15 is 0 Å². The number of carbonyl (C=O) groups is 3. The summed E-state index contributed by atoms with van der Waals surface area (Å²) in [7, 11) is -2.31. The van der Waals surface area contributed by atoms with E-state index in [1.165, 1.54) is 37.4 Å². The van der Waals surface area contributed by atoms with E-state index in [0.29, 0.717) is 17.5 Å². The van der Waals surface area contributed by atoms with Crippen molar-refractivity contribution in [3.63, 3.8) is 0 Å². The maximum Gasteiger partial charge on any atom is 0.318 e. The molecule has 0 spiro atoms. The van der Waals surface area contributed by atoms with Gasteiger partial charge in [0.25, 0.3) is 0 Å². The summed E-state index contributed by atoms with van der Waals surface area (Å²) in [5, 5.41) is 0. The number of pyridine rings is 1. The highest BCUT2D eigenvalue weighted by Gasteiger charge is 2.25. The summed E-state index contributed by atoms with van der Waals surface area (Å²) in [4.78, 5) is 41.4. The van der Waals surface area contributed by atoms with Crippen molar-refractivity contribution in [3.05, 3.63) is 41.8 Å². The molecule has 0 fully saturated rings. The Labute approximate surface area is 205 Å². The summed E-state index contributed by atoms with van der Waals surface area (Å²) in [5.41, 5.74) is 1.06. The average molecular weight is 507 g/mol. The van der Waals surface area contributed by atoms with E-state index in [2.05, 4.69) is 4.98 Å². The Bertz CT molecular complexity index is 1210. The Morgan fingerprint density at radius 1 is 1.09 bits per heavy atom. The molecule has 35 heavy (non-hydrogen) atoms. The zero-order valence-corrected chi connectivity index (χ0v) is 21.6. The number of anilines is 1. The molecule has 1 aromatic carbocycles. The highest BCUT2D eigenvalue weighted by atomic mass is 32.2.